The molecule has 0 radical (unpaired) electrons. The molecule has 0 saturated heterocycles. The summed E-state index contributed by atoms with van der Waals surface area (Å²) in [6, 6.07) is 0. The normalized spacial score (nSPS) is 15.5. The zero-order valence-corrected chi connectivity index (χ0v) is 16.5. The Balaban J connectivity index is 0.00000264. The van der Waals surface area contributed by atoms with Crippen molar-refractivity contribution in [3.63, 3.8) is 0 Å². The van der Waals surface area contributed by atoms with Crippen molar-refractivity contribution in [3.05, 3.63) is 12.2 Å². The molecule has 0 atom stereocenters. The Kier molecular flexibility index (Phi) is 10.2. The summed E-state index contributed by atoms with van der Waals surface area (Å²) in [6.45, 7) is 5.09. The highest BCUT2D eigenvalue weighted by Gasteiger charge is 2.14. The molecule has 2 N–H and O–H groups in total. The number of guanidine groups is 1. The Morgan fingerprint density at radius 3 is 2.83 bits per heavy atom. The van der Waals surface area contributed by atoms with Gasteiger partial charge in [0, 0.05) is 26.7 Å². The summed E-state index contributed by atoms with van der Waals surface area (Å²) in [5, 5.41) is 10.6. The summed E-state index contributed by atoms with van der Waals surface area (Å²) >= 11 is 0. The summed E-state index contributed by atoms with van der Waals surface area (Å²) in [4.78, 5) is 8.69. The minimum atomic E-state index is 0. The van der Waals surface area contributed by atoms with Gasteiger partial charge in [-0.1, -0.05) is 12.8 Å². The van der Waals surface area contributed by atoms with Gasteiger partial charge in [0.1, 0.15) is 18.7 Å². The van der Waals surface area contributed by atoms with E-state index < -0.39 is 0 Å². The minimum absolute atomic E-state index is 0. The van der Waals surface area contributed by atoms with Gasteiger partial charge in [-0.3, -0.25) is 4.68 Å². The summed E-state index contributed by atoms with van der Waals surface area (Å²) in [6.07, 6.45) is 8.14. The smallest absolute Gasteiger partial charge is 0.191 e. The molecule has 8 heteroatoms. The van der Waals surface area contributed by atoms with Crippen molar-refractivity contribution >= 4 is 29.9 Å². The summed E-state index contributed by atoms with van der Waals surface area (Å²) in [5.41, 5.74) is 0. The zero-order valence-electron chi connectivity index (χ0n) is 14.1. The number of aromatic nitrogens is 3. The number of nitrogens with zero attached hydrogens (tertiary/aromatic N) is 4. The number of nitrogens with one attached hydrogen (secondary N) is 2. The number of aryl methyl sites for hydroxylation is 1. The van der Waals surface area contributed by atoms with E-state index in [1.54, 1.807) is 11.0 Å². The highest BCUT2D eigenvalue weighted by atomic mass is 127. The van der Waals surface area contributed by atoms with E-state index in [4.69, 9.17) is 4.74 Å². The van der Waals surface area contributed by atoms with E-state index in [2.05, 4.69) is 32.6 Å². The van der Waals surface area contributed by atoms with Crippen molar-refractivity contribution in [2.24, 2.45) is 12.0 Å². The fourth-order valence-electron chi connectivity index (χ4n) is 2.54. The van der Waals surface area contributed by atoms with Crippen LogP contribution in [0.3, 0.4) is 0 Å². The monoisotopic (exact) mass is 436 g/mol. The van der Waals surface area contributed by atoms with Crippen molar-refractivity contribution in [1.82, 2.24) is 25.4 Å². The van der Waals surface area contributed by atoms with Gasteiger partial charge in [0.05, 0.1) is 6.10 Å². The van der Waals surface area contributed by atoms with Crippen molar-refractivity contribution in [1.29, 1.82) is 0 Å². The third-order valence-corrected chi connectivity index (χ3v) is 3.80. The van der Waals surface area contributed by atoms with E-state index in [1.165, 1.54) is 25.7 Å². The van der Waals surface area contributed by atoms with Crippen molar-refractivity contribution in [2.75, 3.05) is 19.7 Å². The average Bonchev–Trinajstić information content (AvgIpc) is 3.16. The molecule has 2 rings (SSSR count). The van der Waals surface area contributed by atoms with E-state index in [0.29, 0.717) is 12.6 Å². The Morgan fingerprint density at radius 1 is 1.39 bits per heavy atom. The van der Waals surface area contributed by atoms with Crippen molar-refractivity contribution in [2.45, 2.75) is 51.7 Å². The first-order valence-electron chi connectivity index (χ1n) is 8.26. The second-order valence-corrected chi connectivity index (χ2v) is 5.55. The van der Waals surface area contributed by atoms with Gasteiger partial charge in [-0.2, -0.15) is 5.10 Å². The Bertz CT molecular complexity index is 459. The minimum Gasteiger partial charge on any atom is -0.378 e. The number of aliphatic imine (C=N–C) groups is 1. The largest absolute Gasteiger partial charge is 0.378 e. The van der Waals surface area contributed by atoms with Gasteiger partial charge in [0.25, 0.3) is 0 Å². The molecular formula is C15H29IN6O. The van der Waals surface area contributed by atoms with E-state index in [0.717, 1.165) is 37.9 Å². The average molecular weight is 436 g/mol. The first-order chi connectivity index (χ1) is 10.8. The van der Waals surface area contributed by atoms with Crippen LogP contribution in [0.25, 0.3) is 0 Å². The molecule has 1 saturated carbocycles. The molecule has 1 fully saturated rings. The lowest BCUT2D eigenvalue weighted by molar-refractivity contribution is 0.0574. The van der Waals surface area contributed by atoms with Crippen LogP contribution in [0.4, 0.5) is 0 Å². The topological polar surface area (TPSA) is 76.4 Å². The van der Waals surface area contributed by atoms with Gasteiger partial charge >= 0.3 is 0 Å². The van der Waals surface area contributed by atoms with Gasteiger partial charge in [-0.15, -0.1) is 24.0 Å². The zero-order chi connectivity index (χ0) is 15.6. The molecule has 1 heterocycles. The van der Waals surface area contributed by atoms with Crippen LogP contribution < -0.4 is 10.6 Å². The lowest BCUT2D eigenvalue weighted by Crippen LogP contribution is -2.38. The third kappa shape index (κ3) is 7.47. The molecule has 0 spiro atoms. The number of halogens is 1. The summed E-state index contributed by atoms with van der Waals surface area (Å²) in [7, 11) is 1.87. The SMILES string of the molecule is CCNC(=NCc1ncnn1C)NCCCOC1CCCC1.I. The molecule has 23 heavy (non-hydrogen) atoms. The fraction of sp³-hybridized carbons (Fsp3) is 0.800. The lowest BCUT2D eigenvalue weighted by Gasteiger charge is -2.13. The van der Waals surface area contributed by atoms with Gasteiger partial charge in [0.2, 0.25) is 0 Å². The predicted octanol–water partition coefficient (Wildman–Crippen LogP) is 1.84. The standard InChI is InChI=1S/C15H28N6O.HI/c1-3-16-15(18-11-14-19-12-20-21(14)2)17-9-6-10-22-13-7-4-5-8-13;/h12-13H,3-11H2,1-2H3,(H2,16,17,18);1H. The lowest BCUT2D eigenvalue weighted by atomic mass is 10.3. The molecule has 1 aliphatic rings. The van der Waals surface area contributed by atoms with Crippen LogP contribution in [0.15, 0.2) is 11.3 Å². The molecule has 1 aromatic rings. The van der Waals surface area contributed by atoms with Gasteiger partial charge in [0.15, 0.2) is 5.96 Å². The fourth-order valence-corrected chi connectivity index (χ4v) is 2.54. The molecule has 0 bridgehead atoms. The van der Waals surface area contributed by atoms with E-state index >= 15 is 0 Å². The summed E-state index contributed by atoms with van der Waals surface area (Å²) < 4.78 is 7.60. The number of hydrogen-bond donors (Lipinski definition) is 2. The highest BCUT2D eigenvalue weighted by molar-refractivity contribution is 14.0. The molecule has 132 valence electrons. The maximum atomic E-state index is 5.86. The predicted molar refractivity (Wildman–Crippen MR) is 102 cm³/mol. The molecule has 7 nitrogen and oxygen atoms in total. The summed E-state index contributed by atoms with van der Waals surface area (Å²) in [5.74, 6) is 1.66. The van der Waals surface area contributed by atoms with Crippen LogP contribution in [0.1, 0.15) is 44.9 Å². The van der Waals surface area contributed by atoms with Gasteiger partial charge < -0.3 is 15.4 Å². The van der Waals surface area contributed by atoms with Crippen LogP contribution in [0.2, 0.25) is 0 Å². The van der Waals surface area contributed by atoms with Crippen molar-refractivity contribution in [3.8, 4) is 0 Å². The number of hydrogen-bond acceptors (Lipinski definition) is 4. The van der Waals surface area contributed by atoms with E-state index in [1.807, 2.05) is 7.05 Å². The molecule has 0 unspecified atom stereocenters. The van der Waals surface area contributed by atoms with Crippen LogP contribution in [-0.2, 0) is 18.3 Å². The second-order valence-electron chi connectivity index (χ2n) is 5.55. The van der Waals surface area contributed by atoms with Crippen LogP contribution in [-0.4, -0.2) is 46.5 Å². The first kappa shape index (κ1) is 20.1. The highest BCUT2D eigenvalue weighted by Crippen LogP contribution is 2.20. The Labute approximate surface area is 155 Å². The third-order valence-electron chi connectivity index (χ3n) is 3.80. The molecule has 0 aromatic carbocycles. The molecular weight excluding hydrogens is 407 g/mol. The molecule has 0 amide bonds. The molecule has 1 aromatic heterocycles. The molecule has 0 aliphatic heterocycles. The van der Waals surface area contributed by atoms with E-state index in [9.17, 15) is 0 Å². The Hall–Kier alpha value is -0.900. The van der Waals surface area contributed by atoms with E-state index in [-0.39, 0.29) is 24.0 Å². The maximum Gasteiger partial charge on any atom is 0.191 e. The number of rotatable bonds is 8. The first-order valence-corrected chi connectivity index (χ1v) is 8.26. The number of ether oxygens (including phenoxy) is 1. The second kappa shape index (κ2) is 11.6. The van der Waals surface area contributed by atoms with Gasteiger partial charge in [-0.25, -0.2) is 9.98 Å². The van der Waals surface area contributed by atoms with Crippen molar-refractivity contribution < 1.29 is 4.74 Å². The molecule has 1 aliphatic carbocycles. The quantitative estimate of drug-likeness (QED) is 0.282. The van der Waals surface area contributed by atoms with Crippen LogP contribution >= 0.6 is 24.0 Å². The van der Waals surface area contributed by atoms with Crippen LogP contribution in [0.5, 0.6) is 0 Å². The van der Waals surface area contributed by atoms with Crippen LogP contribution in [0, 0.1) is 0 Å². The maximum absolute atomic E-state index is 5.86. The Morgan fingerprint density at radius 2 is 2.17 bits per heavy atom. The van der Waals surface area contributed by atoms with Gasteiger partial charge in [-0.05, 0) is 26.2 Å².